The smallest absolute Gasteiger partial charge is 0.233 e. The molecule has 1 aromatic rings. The van der Waals surface area contributed by atoms with Crippen molar-refractivity contribution >= 4 is 11.6 Å². The Labute approximate surface area is 99.8 Å². The highest BCUT2D eigenvalue weighted by Gasteiger charge is 2.21. The summed E-state index contributed by atoms with van der Waals surface area (Å²) in [6.45, 7) is 5.36. The van der Waals surface area contributed by atoms with E-state index in [0.717, 1.165) is 0 Å². The number of benzene rings is 1. The van der Waals surface area contributed by atoms with Crippen LogP contribution >= 0.6 is 0 Å². The largest absolute Gasteiger partial charge is 0.326 e. The summed E-state index contributed by atoms with van der Waals surface area (Å²) in [6.07, 6.45) is 1.59. The maximum atomic E-state index is 11.9. The lowest BCUT2D eigenvalue weighted by Crippen LogP contribution is -2.30. The van der Waals surface area contributed by atoms with Crippen LogP contribution in [0.5, 0.6) is 0 Å². The molecule has 0 fully saturated rings. The number of para-hydroxylation sites is 1. The van der Waals surface area contributed by atoms with Gasteiger partial charge in [0.25, 0.3) is 0 Å². The van der Waals surface area contributed by atoms with Crippen LogP contribution in [0.25, 0.3) is 10.4 Å². The summed E-state index contributed by atoms with van der Waals surface area (Å²) in [4.78, 5) is 14.6. The number of anilines is 1. The lowest BCUT2D eigenvalue weighted by atomic mass is 10.0. The molecule has 0 aliphatic heterocycles. The van der Waals surface area contributed by atoms with Crippen molar-refractivity contribution in [3.8, 4) is 0 Å². The molecule has 1 N–H and O–H groups in total. The van der Waals surface area contributed by atoms with E-state index >= 15 is 0 Å². The molecule has 0 radical (unpaired) electrons. The van der Waals surface area contributed by atoms with E-state index < -0.39 is 6.04 Å². The quantitative estimate of drug-likeness (QED) is 0.358. The molecule has 0 spiro atoms. The van der Waals surface area contributed by atoms with Gasteiger partial charge in [-0.05, 0) is 23.6 Å². The second-order valence-electron chi connectivity index (χ2n) is 3.60. The van der Waals surface area contributed by atoms with Gasteiger partial charge in [0.2, 0.25) is 5.91 Å². The lowest BCUT2D eigenvalue weighted by molar-refractivity contribution is -0.118. The summed E-state index contributed by atoms with van der Waals surface area (Å²) < 4.78 is 0. The number of nitrogens with one attached hydrogen (secondary N) is 1. The normalized spacial score (nSPS) is 13.0. The first kappa shape index (κ1) is 12.8. The average molecular weight is 230 g/mol. The summed E-state index contributed by atoms with van der Waals surface area (Å²) in [5.41, 5.74) is 9.11. The highest BCUT2D eigenvalue weighted by molar-refractivity contribution is 5.95. The predicted molar refractivity (Wildman–Crippen MR) is 67.4 cm³/mol. The Balaban J connectivity index is 2.79. The number of hydrogen-bond acceptors (Lipinski definition) is 2. The van der Waals surface area contributed by atoms with Crippen LogP contribution in [0.3, 0.4) is 0 Å². The minimum atomic E-state index is -0.780. The molecule has 0 bridgehead atoms. The van der Waals surface area contributed by atoms with Crippen LogP contribution < -0.4 is 5.32 Å². The van der Waals surface area contributed by atoms with Crippen molar-refractivity contribution in [1.29, 1.82) is 0 Å². The molecule has 0 aliphatic rings. The van der Waals surface area contributed by atoms with Crippen molar-refractivity contribution in [1.82, 2.24) is 0 Å². The van der Waals surface area contributed by atoms with Gasteiger partial charge in [-0.1, -0.05) is 36.3 Å². The number of azide groups is 1. The maximum absolute atomic E-state index is 11.9. The van der Waals surface area contributed by atoms with E-state index in [4.69, 9.17) is 5.53 Å². The highest BCUT2D eigenvalue weighted by atomic mass is 16.2. The van der Waals surface area contributed by atoms with Crippen molar-refractivity contribution in [2.45, 2.75) is 13.0 Å². The van der Waals surface area contributed by atoms with Gasteiger partial charge in [0.15, 0.2) is 0 Å². The van der Waals surface area contributed by atoms with Gasteiger partial charge < -0.3 is 5.32 Å². The van der Waals surface area contributed by atoms with Crippen molar-refractivity contribution in [2.24, 2.45) is 11.0 Å². The average Bonchev–Trinajstić information content (AvgIpc) is 2.36. The van der Waals surface area contributed by atoms with Crippen LogP contribution in [0.15, 0.2) is 48.1 Å². The van der Waals surface area contributed by atoms with Crippen molar-refractivity contribution in [3.05, 3.63) is 53.4 Å². The molecule has 5 heteroatoms. The molecule has 1 amide bonds. The summed E-state index contributed by atoms with van der Waals surface area (Å²) in [7, 11) is 0. The highest BCUT2D eigenvalue weighted by Crippen LogP contribution is 2.13. The van der Waals surface area contributed by atoms with Crippen LogP contribution in [0.2, 0.25) is 0 Å². The van der Waals surface area contributed by atoms with Gasteiger partial charge in [-0.2, -0.15) is 0 Å². The zero-order chi connectivity index (χ0) is 12.7. The van der Waals surface area contributed by atoms with Crippen LogP contribution in [0.1, 0.15) is 6.92 Å². The van der Waals surface area contributed by atoms with E-state index in [-0.39, 0.29) is 11.8 Å². The van der Waals surface area contributed by atoms with E-state index in [1.165, 1.54) is 0 Å². The minimum absolute atomic E-state index is 0.213. The van der Waals surface area contributed by atoms with E-state index in [9.17, 15) is 4.79 Å². The maximum Gasteiger partial charge on any atom is 0.233 e. The van der Waals surface area contributed by atoms with Gasteiger partial charge in [-0.15, -0.1) is 6.58 Å². The van der Waals surface area contributed by atoms with Crippen LogP contribution in [-0.2, 0) is 4.79 Å². The molecular weight excluding hydrogens is 216 g/mol. The number of carbonyl (C=O) groups is 1. The Morgan fingerprint density at radius 3 is 2.71 bits per heavy atom. The third kappa shape index (κ3) is 3.66. The first-order chi connectivity index (χ1) is 8.19. The second-order valence-corrected chi connectivity index (χ2v) is 3.60. The predicted octanol–water partition coefficient (Wildman–Crippen LogP) is 3.13. The molecule has 0 heterocycles. The summed E-state index contributed by atoms with van der Waals surface area (Å²) >= 11 is 0. The van der Waals surface area contributed by atoms with E-state index in [2.05, 4.69) is 21.9 Å². The van der Waals surface area contributed by atoms with Gasteiger partial charge in [0.05, 0.1) is 0 Å². The molecular formula is C12H14N4O. The molecule has 1 rings (SSSR count). The number of hydrogen-bond donors (Lipinski definition) is 1. The topological polar surface area (TPSA) is 77.9 Å². The van der Waals surface area contributed by atoms with Gasteiger partial charge in [-0.3, -0.25) is 4.79 Å². The molecule has 0 aliphatic carbocycles. The van der Waals surface area contributed by atoms with Crippen molar-refractivity contribution < 1.29 is 4.79 Å². The number of amides is 1. The first-order valence-corrected chi connectivity index (χ1v) is 5.21. The van der Waals surface area contributed by atoms with Gasteiger partial charge >= 0.3 is 0 Å². The number of carbonyl (C=O) groups excluding carboxylic acids is 1. The van der Waals surface area contributed by atoms with E-state index in [1.807, 2.05) is 18.2 Å². The molecule has 0 saturated heterocycles. The molecule has 5 nitrogen and oxygen atoms in total. The lowest BCUT2D eigenvalue weighted by Gasteiger charge is -2.15. The van der Waals surface area contributed by atoms with Gasteiger partial charge in [-0.25, -0.2) is 0 Å². The van der Waals surface area contributed by atoms with Crippen molar-refractivity contribution in [3.63, 3.8) is 0 Å². The Morgan fingerprint density at radius 1 is 1.53 bits per heavy atom. The van der Waals surface area contributed by atoms with Gasteiger partial charge in [0, 0.05) is 10.6 Å². The van der Waals surface area contributed by atoms with Crippen LogP contribution in [0, 0.1) is 5.92 Å². The molecule has 88 valence electrons. The SMILES string of the molecule is C=C[C@H](C)[C@@H](N=[N+]=[N-])C(=O)Nc1ccccc1. The molecule has 17 heavy (non-hydrogen) atoms. The minimum Gasteiger partial charge on any atom is -0.326 e. The zero-order valence-electron chi connectivity index (χ0n) is 9.58. The Hall–Kier alpha value is -2.26. The first-order valence-electron chi connectivity index (χ1n) is 5.21. The van der Waals surface area contributed by atoms with Crippen LogP contribution in [0.4, 0.5) is 5.69 Å². The third-order valence-electron chi connectivity index (χ3n) is 2.36. The fourth-order valence-electron chi connectivity index (χ4n) is 1.32. The van der Waals surface area contributed by atoms with Gasteiger partial charge in [0.1, 0.15) is 6.04 Å². The van der Waals surface area contributed by atoms with E-state index in [1.54, 1.807) is 25.1 Å². The number of nitrogens with zero attached hydrogens (tertiary/aromatic N) is 3. The molecule has 0 unspecified atom stereocenters. The van der Waals surface area contributed by atoms with E-state index in [0.29, 0.717) is 5.69 Å². The molecule has 0 saturated carbocycles. The van der Waals surface area contributed by atoms with Crippen molar-refractivity contribution in [2.75, 3.05) is 5.32 Å². The monoisotopic (exact) mass is 230 g/mol. The Bertz CT molecular complexity index is 437. The second kappa shape index (κ2) is 6.35. The molecule has 2 atom stereocenters. The molecule has 1 aromatic carbocycles. The molecule has 0 aromatic heterocycles. The Kier molecular flexibility index (Phi) is 4.78. The fourth-order valence-corrected chi connectivity index (χ4v) is 1.32. The third-order valence-corrected chi connectivity index (χ3v) is 2.36. The standard InChI is InChI=1S/C12H14N4O/c1-3-9(2)11(15-16-13)12(17)14-10-7-5-4-6-8-10/h3-9,11H,1H2,2H3,(H,14,17)/t9-,11+/m0/s1. The number of rotatable bonds is 5. The van der Waals surface area contributed by atoms with Crippen LogP contribution in [-0.4, -0.2) is 11.9 Å². The summed E-state index contributed by atoms with van der Waals surface area (Å²) in [5, 5.41) is 6.18. The zero-order valence-corrected chi connectivity index (χ0v) is 9.58. The summed E-state index contributed by atoms with van der Waals surface area (Å²) in [6, 6.07) is 8.24. The summed E-state index contributed by atoms with van der Waals surface area (Å²) in [5.74, 6) is -0.545. The Morgan fingerprint density at radius 2 is 2.18 bits per heavy atom. The fraction of sp³-hybridized carbons (Fsp3) is 0.250.